The Labute approximate surface area is 105 Å². The van der Waals surface area contributed by atoms with Crippen LogP contribution in [0.5, 0.6) is 5.75 Å². The number of aryl methyl sites for hydroxylation is 1. The molecule has 0 fully saturated rings. The van der Waals surface area contributed by atoms with Crippen LogP contribution < -0.4 is 4.74 Å². The van der Waals surface area contributed by atoms with E-state index < -0.39 is 5.97 Å². The number of methoxy groups -OCH3 is 1. The molecule has 5 nitrogen and oxygen atoms in total. The molecule has 0 unspecified atom stereocenters. The summed E-state index contributed by atoms with van der Waals surface area (Å²) in [4.78, 5) is 14.7. The highest BCUT2D eigenvalue weighted by atomic mass is 16.5. The minimum atomic E-state index is -0.820. The number of aromatic nitrogens is 2. The van der Waals surface area contributed by atoms with Gasteiger partial charge in [-0.2, -0.15) is 0 Å². The Morgan fingerprint density at radius 1 is 1.39 bits per heavy atom. The van der Waals surface area contributed by atoms with E-state index in [4.69, 9.17) is 9.84 Å². The second-order valence-corrected chi connectivity index (χ2v) is 3.81. The number of ether oxygens (including phenoxy) is 1. The lowest BCUT2D eigenvalue weighted by molar-refractivity contribution is -0.137. The van der Waals surface area contributed by atoms with Gasteiger partial charge in [-0.15, -0.1) is 0 Å². The van der Waals surface area contributed by atoms with Crippen molar-refractivity contribution in [1.82, 2.24) is 9.55 Å². The van der Waals surface area contributed by atoms with Crippen LogP contribution >= 0.6 is 0 Å². The summed E-state index contributed by atoms with van der Waals surface area (Å²) in [6, 6.07) is 7.53. The summed E-state index contributed by atoms with van der Waals surface area (Å²) in [7, 11) is 1.62. The maximum atomic E-state index is 10.6. The van der Waals surface area contributed by atoms with Crippen LogP contribution in [0.4, 0.5) is 0 Å². The van der Waals surface area contributed by atoms with Crippen LogP contribution in [-0.2, 0) is 11.2 Å². The molecule has 5 heteroatoms. The molecule has 0 amide bonds. The van der Waals surface area contributed by atoms with Crippen molar-refractivity contribution in [2.75, 3.05) is 7.11 Å². The van der Waals surface area contributed by atoms with E-state index in [0.29, 0.717) is 6.42 Å². The second-order valence-electron chi connectivity index (χ2n) is 3.81. The smallest absolute Gasteiger partial charge is 0.303 e. The first kappa shape index (κ1) is 12.2. The van der Waals surface area contributed by atoms with Gasteiger partial charge in [0.15, 0.2) is 0 Å². The van der Waals surface area contributed by atoms with E-state index in [1.54, 1.807) is 13.3 Å². The number of carbonyl (C=O) groups is 1. The maximum Gasteiger partial charge on any atom is 0.303 e. The van der Waals surface area contributed by atoms with E-state index in [1.807, 2.05) is 35.0 Å². The molecule has 0 saturated heterocycles. The van der Waals surface area contributed by atoms with Gasteiger partial charge in [-0.25, -0.2) is 4.98 Å². The number of carboxylic acids is 1. The summed E-state index contributed by atoms with van der Waals surface area (Å²) in [5.74, 6) is 0.702. The van der Waals surface area contributed by atoms with Gasteiger partial charge in [0.1, 0.15) is 11.6 Å². The van der Waals surface area contributed by atoms with Crippen LogP contribution in [0.1, 0.15) is 12.2 Å². The Morgan fingerprint density at radius 2 is 2.11 bits per heavy atom. The van der Waals surface area contributed by atoms with Crippen LogP contribution in [0.15, 0.2) is 36.7 Å². The molecule has 94 valence electrons. The van der Waals surface area contributed by atoms with Crippen molar-refractivity contribution in [3.63, 3.8) is 0 Å². The van der Waals surface area contributed by atoms with Crippen LogP contribution in [0.3, 0.4) is 0 Å². The van der Waals surface area contributed by atoms with Gasteiger partial charge in [-0.3, -0.25) is 4.79 Å². The summed E-state index contributed by atoms with van der Waals surface area (Å²) >= 11 is 0. The molecule has 2 rings (SSSR count). The molecule has 2 aromatic rings. The summed E-state index contributed by atoms with van der Waals surface area (Å²) < 4.78 is 6.97. The number of hydrogen-bond acceptors (Lipinski definition) is 3. The summed E-state index contributed by atoms with van der Waals surface area (Å²) in [5, 5.41) is 8.69. The monoisotopic (exact) mass is 246 g/mol. The van der Waals surface area contributed by atoms with E-state index in [-0.39, 0.29) is 6.42 Å². The molecule has 0 aliphatic rings. The van der Waals surface area contributed by atoms with Crippen molar-refractivity contribution < 1.29 is 14.6 Å². The van der Waals surface area contributed by atoms with Crippen molar-refractivity contribution in [3.8, 4) is 11.4 Å². The third kappa shape index (κ3) is 2.68. The Bertz CT molecular complexity index is 531. The molecule has 0 aliphatic heterocycles. The number of imidazole rings is 1. The first-order valence-electron chi connectivity index (χ1n) is 5.59. The van der Waals surface area contributed by atoms with Gasteiger partial charge in [-0.1, -0.05) is 0 Å². The molecule has 0 saturated carbocycles. The van der Waals surface area contributed by atoms with Crippen molar-refractivity contribution in [3.05, 3.63) is 42.5 Å². The average Bonchev–Trinajstić information content (AvgIpc) is 2.85. The fourth-order valence-corrected chi connectivity index (χ4v) is 1.72. The number of nitrogens with zero attached hydrogens (tertiary/aromatic N) is 2. The molecule has 1 N–H and O–H groups in total. The minimum absolute atomic E-state index is 0.0766. The molecule has 0 aliphatic carbocycles. The third-order valence-corrected chi connectivity index (χ3v) is 2.63. The van der Waals surface area contributed by atoms with Crippen molar-refractivity contribution in [1.29, 1.82) is 0 Å². The number of rotatable bonds is 5. The molecular formula is C13H14N2O3. The van der Waals surface area contributed by atoms with Gasteiger partial charge >= 0.3 is 5.97 Å². The van der Waals surface area contributed by atoms with Crippen molar-refractivity contribution in [2.45, 2.75) is 12.8 Å². The summed E-state index contributed by atoms with van der Waals surface area (Å²) in [5.41, 5.74) is 0.939. The van der Waals surface area contributed by atoms with Crippen molar-refractivity contribution >= 4 is 5.97 Å². The van der Waals surface area contributed by atoms with E-state index in [0.717, 1.165) is 17.3 Å². The summed E-state index contributed by atoms with van der Waals surface area (Å²) in [6.45, 7) is 0. The molecule has 0 spiro atoms. The molecule has 0 atom stereocenters. The minimum Gasteiger partial charge on any atom is -0.497 e. The van der Waals surface area contributed by atoms with E-state index in [9.17, 15) is 4.79 Å². The van der Waals surface area contributed by atoms with Crippen LogP contribution in [0.2, 0.25) is 0 Å². The lowest BCUT2D eigenvalue weighted by atomic mass is 10.2. The Kier molecular flexibility index (Phi) is 3.62. The molecule has 1 aromatic heterocycles. The Morgan fingerprint density at radius 3 is 2.72 bits per heavy atom. The lowest BCUT2D eigenvalue weighted by Crippen LogP contribution is -2.04. The highest BCUT2D eigenvalue weighted by Crippen LogP contribution is 2.16. The maximum absolute atomic E-state index is 10.6. The summed E-state index contributed by atoms with van der Waals surface area (Å²) in [6.07, 6.45) is 3.97. The lowest BCUT2D eigenvalue weighted by Gasteiger charge is -2.08. The van der Waals surface area contributed by atoms with E-state index in [2.05, 4.69) is 4.98 Å². The topological polar surface area (TPSA) is 64.4 Å². The average molecular weight is 246 g/mol. The quantitative estimate of drug-likeness (QED) is 0.875. The van der Waals surface area contributed by atoms with E-state index >= 15 is 0 Å². The standard InChI is InChI=1S/C13H14N2O3/c1-18-11-4-2-10(3-5-11)15-9-8-14-12(15)6-7-13(16)17/h2-5,8-9H,6-7H2,1H3,(H,16,17). The molecule has 0 radical (unpaired) electrons. The van der Waals surface area contributed by atoms with Gasteiger partial charge in [0.05, 0.1) is 13.5 Å². The van der Waals surface area contributed by atoms with Crippen molar-refractivity contribution in [2.24, 2.45) is 0 Å². The predicted octanol–water partition coefficient (Wildman–Crippen LogP) is 1.90. The van der Waals surface area contributed by atoms with Crippen LogP contribution in [0, 0.1) is 0 Å². The second kappa shape index (κ2) is 5.35. The van der Waals surface area contributed by atoms with Crippen LogP contribution in [0.25, 0.3) is 5.69 Å². The van der Waals surface area contributed by atoms with Gasteiger partial charge in [0.25, 0.3) is 0 Å². The van der Waals surface area contributed by atoms with Gasteiger partial charge in [0.2, 0.25) is 0 Å². The molecule has 18 heavy (non-hydrogen) atoms. The highest BCUT2D eigenvalue weighted by Gasteiger charge is 2.07. The highest BCUT2D eigenvalue weighted by molar-refractivity contribution is 5.66. The fourth-order valence-electron chi connectivity index (χ4n) is 1.72. The van der Waals surface area contributed by atoms with Gasteiger partial charge in [-0.05, 0) is 24.3 Å². The molecule has 0 bridgehead atoms. The number of benzene rings is 1. The first-order chi connectivity index (χ1) is 8.70. The third-order valence-electron chi connectivity index (χ3n) is 2.63. The molecule has 1 aromatic carbocycles. The normalized spacial score (nSPS) is 10.3. The number of aliphatic carboxylic acids is 1. The SMILES string of the molecule is COc1ccc(-n2ccnc2CCC(=O)O)cc1. The zero-order valence-electron chi connectivity index (χ0n) is 10.0. The molecule has 1 heterocycles. The largest absolute Gasteiger partial charge is 0.497 e. The predicted molar refractivity (Wildman–Crippen MR) is 66.1 cm³/mol. The van der Waals surface area contributed by atoms with Crippen LogP contribution in [-0.4, -0.2) is 27.7 Å². The van der Waals surface area contributed by atoms with Gasteiger partial charge < -0.3 is 14.4 Å². The van der Waals surface area contributed by atoms with Gasteiger partial charge in [0, 0.05) is 24.5 Å². The zero-order chi connectivity index (χ0) is 13.0. The number of carboxylic acid groups (broad SMARTS) is 1. The zero-order valence-corrected chi connectivity index (χ0v) is 10.0. The Balaban J connectivity index is 2.21. The molecular weight excluding hydrogens is 232 g/mol. The fraction of sp³-hybridized carbons (Fsp3) is 0.231. The Hall–Kier alpha value is -2.30. The first-order valence-corrected chi connectivity index (χ1v) is 5.59. The van der Waals surface area contributed by atoms with E-state index in [1.165, 1.54) is 0 Å². The number of hydrogen-bond donors (Lipinski definition) is 1.